The number of likely N-dealkylation sites (N-methyl/N-ethyl adjacent to an activating group) is 1. The number of carbonyl (C=O) groups is 2. The Morgan fingerprint density at radius 1 is 1.22 bits per heavy atom. The van der Waals surface area contributed by atoms with Gasteiger partial charge < -0.3 is 10.6 Å². The molecule has 7 nitrogen and oxygen atoms in total. The molecule has 1 aromatic heterocycles. The van der Waals surface area contributed by atoms with Gasteiger partial charge in [-0.25, -0.2) is 4.68 Å². The smallest absolute Gasteiger partial charge is 0.242 e. The number of anilines is 2. The normalized spacial score (nSPS) is 12.3. The van der Waals surface area contributed by atoms with Crippen LogP contribution < -0.4 is 10.6 Å². The number of nitrogens with one attached hydrogen (secondary N) is 2. The molecule has 0 radical (unpaired) electrons. The molecule has 1 unspecified atom stereocenters. The van der Waals surface area contributed by atoms with Gasteiger partial charge in [0.2, 0.25) is 11.8 Å². The summed E-state index contributed by atoms with van der Waals surface area (Å²) < 4.78 is 2.70. The molecule has 1 aromatic carbocycles. The third kappa shape index (κ3) is 5.64. The first-order chi connectivity index (χ1) is 12.7. The number of amides is 2. The van der Waals surface area contributed by atoms with Crippen molar-refractivity contribution in [2.75, 3.05) is 24.2 Å². The first-order valence-electron chi connectivity index (χ1n) is 8.79. The number of halogens is 1. The molecular formula is C19H26BrN5O2. The van der Waals surface area contributed by atoms with Crippen LogP contribution in [-0.4, -0.2) is 46.1 Å². The molecular weight excluding hydrogens is 410 g/mol. The van der Waals surface area contributed by atoms with Crippen LogP contribution in [0.1, 0.15) is 32.4 Å². The summed E-state index contributed by atoms with van der Waals surface area (Å²) in [4.78, 5) is 26.6. The van der Waals surface area contributed by atoms with Crippen LogP contribution in [-0.2, 0) is 9.59 Å². The molecule has 2 rings (SSSR count). The minimum Gasteiger partial charge on any atom is -0.325 e. The van der Waals surface area contributed by atoms with Crippen LogP contribution in [0, 0.1) is 6.92 Å². The van der Waals surface area contributed by atoms with E-state index in [9.17, 15) is 9.59 Å². The number of carbonyl (C=O) groups excluding carboxylic acids is 2. The second kappa shape index (κ2) is 9.14. The predicted octanol–water partition coefficient (Wildman–Crippen LogP) is 3.43. The van der Waals surface area contributed by atoms with E-state index in [1.54, 1.807) is 35.8 Å². The molecule has 0 saturated heterocycles. The molecule has 0 bridgehead atoms. The van der Waals surface area contributed by atoms with Gasteiger partial charge in [0.25, 0.3) is 0 Å². The monoisotopic (exact) mass is 435 g/mol. The van der Waals surface area contributed by atoms with Crippen molar-refractivity contribution < 1.29 is 9.59 Å². The lowest BCUT2D eigenvalue weighted by molar-refractivity contribution is -0.122. The van der Waals surface area contributed by atoms with E-state index in [2.05, 4.69) is 31.7 Å². The minimum atomic E-state index is -0.475. The van der Waals surface area contributed by atoms with E-state index >= 15 is 0 Å². The second-order valence-corrected chi connectivity index (χ2v) is 7.76. The van der Waals surface area contributed by atoms with Crippen molar-refractivity contribution in [3.63, 3.8) is 0 Å². The molecule has 1 atom stereocenters. The van der Waals surface area contributed by atoms with Gasteiger partial charge in [-0.3, -0.25) is 14.5 Å². The molecule has 2 aromatic rings. The quantitative estimate of drug-likeness (QED) is 0.697. The van der Waals surface area contributed by atoms with E-state index in [-0.39, 0.29) is 24.4 Å². The third-order valence-electron chi connectivity index (χ3n) is 4.31. The SMILES string of the molecule is Cc1cc(Br)ccc1NC(=O)CN(C)C(C)C(=O)Nc1ccnn1C(C)C. The Morgan fingerprint density at radius 3 is 2.56 bits per heavy atom. The fraction of sp³-hybridized carbons (Fsp3) is 0.421. The molecule has 0 saturated carbocycles. The zero-order valence-electron chi connectivity index (χ0n) is 16.3. The Hall–Kier alpha value is -2.19. The van der Waals surface area contributed by atoms with Crippen LogP contribution in [0.3, 0.4) is 0 Å². The molecule has 27 heavy (non-hydrogen) atoms. The molecule has 0 spiro atoms. The number of benzene rings is 1. The number of rotatable bonds is 7. The van der Waals surface area contributed by atoms with Gasteiger partial charge in [0.1, 0.15) is 5.82 Å². The topological polar surface area (TPSA) is 79.3 Å². The first kappa shape index (κ1) is 21.1. The number of aryl methyl sites for hydroxylation is 1. The highest BCUT2D eigenvalue weighted by molar-refractivity contribution is 9.10. The summed E-state index contributed by atoms with van der Waals surface area (Å²) in [6.45, 7) is 7.79. The fourth-order valence-corrected chi connectivity index (χ4v) is 3.05. The highest BCUT2D eigenvalue weighted by atomic mass is 79.9. The lowest BCUT2D eigenvalue weighted by atomic mass is 10.2. The van der Waals surface area contributed by atoms with Crippen molar-refractivity contribution in [2.24, 2.45) is 0 Å². The minimum absolute atomic E-state index is 0.105. The van der Waals surface area contributed by atoms with Crippen LogP contribution in [0.5, 0.6) is 0 Å². The van der Waals surface area contributed by atoms with Gasteiger partial charge in [-0.05, 0) is 58.5 Å². The Balaban J connectivity index is 1.93. The molecule has 1 heterocycles. The lowest BCUT2D eigenvalue weighted by Crippen LogP contribution is -2.43. The van der Waals surface area contributed by atoms with Crippen LogP contribution in [0.15, 0.2) is 34.9 Å². The Kier molecular flexibility index (Phi) is 7.15. The van der Waals surface area contributed by atoms with Crippen LogP contribution in [0.4, 0.5) is 11.5 Å². The summed E-state index contributed by atoms with van der Waals surface area (Å²) in [6.07, 6.45) is 1.65. The number of hydrogen-bond donors (Lipinski definition) is 2. The summed E-state index contributed by atoms with van der Waals surface area (Å²) in [6, 6.07) is 7.09. The molecule has 8 heteroatoms. The van der Waals surface area contributed by atoms with Crippen LogP contribution >= 0.6 is 15.9 Å². The van der Waals surface area contributed by atoms with Gasteiger partial charge in [-0.2, -0.15) is 5.10 Å². The van der Waals surface area contributed by atoms with E-state index in [1.807, 2.05) is 39.0 Å². The fourth-order valence-electron chi connectivity index (χ4n) is 2.58. The summed E-state index contributed by atoms with van der Waals surface area (Å²) in [7, 11) is 1.75. The van der Waals surface area contributed by atoms with Crippen molar-refractivity contribution in [1.82, 2.24) is 14.7 Å². The largest absolute Gasteiger partial charge is 0.325 e. The van der Waals surface area contributed by atoms with E-state index in [0.717, 1.165) is 15.7 Å². The Bertz CT molecular complexity index is 818. The summed E-state index contributed by atoms with van der Waals surface area (Å²) in [5.74, 6) is 0.285. The zero-order valence-corrected chi connectivity index (χ0v) is 17.9. The van der Waals surface area contributed by atoms with Crippen molar-refractivity contribution in [3.8, 4) is 0 Å². The van der Waals surface area contributed by atoms with Gasteiger partial charge in [0, 0.05) is 22.3 Å². The van der Waals surface area contributed by atoms with Gasteiger partial charge in [0.15, 0.2) is 0 Å². The van der Waals surface area contributed by atoms with E-state index in [1.165, 1.54) is 0 Å². The van der Waals surface area contributed by atoms with Crippen molar-refractivity contribution >= 4 is 39.2 Å². The highest BCUT2D eigenvalue weighted by Gasteiger charge is 2.21. The van der Waals surface area contributed by atoms with Crippen molar-refractivity contribution in [2.45, 2.75) is 39.8 Å². The molecule has 2 amide bonds. The number of nitrogens with zero attached hydrogens (tertiary/aromatic N) is 3. The van der Waals surface area contributed by atoms with Gasteiger partial charge >= 0.3 is 0 Å². The molecule has 0 aliphatic rings. The standard InChI is InChI=1S/C19H26BrN5O2/c1-12(2)25-17(8-9-21-25)23-19(27)14(4)24(5)11-18(26)22-16-7-6-15(20)10-13(16)3/h6-10,12,14H,11H2,1-5H3,(H,22,26)(H,23,27). The van der Waals surface area contributed by atoms with E-state index < -0.39 is 6.04 Å². The van der Waals surface area contributed by atoms with Gasteiger partial charge in [-0.15, -0.1) is 0 Å². The molecule has 0 aliphatic carbocycles. The van der Waals surface area contributed by atoms with Gasteiger partial charge in [-0.1, -0.05) is 15.9 Å². The molecule has 2 N–H and O–H groups in total. The third-order valence-corrected chi connectivity index (χ3v) is 4.80. The maximum Gasteiger partial charge on any atom is 0.242 e. The Labute approximate surface area is 168 Å². The van der Waals surface area contributed by atoms with Crippen LogP contribution in [0.2, 0.25) is 0 Å². The van der Waals surface area contributed by atoms with Crippen LogP contribution in [0.25, 0.3) is 0 Å². The van der Waals surface area contributed by atoms with Crippen molar-refractivity contribution in [3.05, 3.63) is 40.5 Å². The zero-order chi connectivity index (χ0) is 20.1. The maximum absolute atomic E-state index is 12.5. The first-order valence-corrected chi connectivity index (χ1v) is 9.59. The van der Waals surface area contributed by atoms with E-state index in [4.69, 9.17) is 0 Å². The highest BCUT2D eigenvalue weighted by Crippen LogP contribution is 2.20. The van der Waals surface area contributed by atoms with E-state index in [0.29, 0.717) is 5.82 Å². The lowest BCUT2D eigenvalue weighted by Gasteiger charge is -2.24. The average Bonchev–Trinajstić information content (AvgIpc) is 3.05. The maximum atomic E-state index is 12.5. The van der Waals surface area contributed by atoms with Crippen molar-refractivity contribution in [1.29, 1.82) is 0 Å². The predicted molar refractivity (Wildman–Crippen MR) is 111 cm³/mol. The molecule has 0 fully saturated rings. The number of hydrogen-bond acceptors (Lipinski definition) is 4. The van der Waals surface area contributed by atoms with Gasteiger partial charge in [0.05, 0.1) is 18.8 Å². The molecule has 146 valence electrons. The second-order valence-electron chi connectivity index (χ2n) is 6.84. The number of aromatic nitrogens is 2. The summed E-state index contributed by atoms with van der Waals surface area (Å²) in [5, 5.41) is 9.96. The Morgan fingerprint density at radius 2 is 1.93 bits per heavy atom. The summed E-state index contributed by atoms with van der Waals surface area (Å²) in [5.41, 5.74) is 1.72. The summed E-state index contributed by atoms with van der Waals surface area (Å²) >= 11 is 3.40. The molecule has 0 aliphatic heterocycles. The average molecular weight is 436 g/mol.